The van der Waals surface area contributed by atoms with Crippen LogP contribution >= 0.6 is 16.4 Å². The van der Waals surface area contributed by atoms with Gasteiger partial charge in [0.15, 0.2) is 0 Å². The van der Waals surface area contributed by atoms with Crippen molar-refractivity contribution >= 4 is 62.5 Å². The third kappa shape index (κ3) is 16.5. The Kier molecular flexibility index (Phi) is 13.7. The van der Waals surface area contributed by atoms with Crippen LogP contribution in [0.15, 0.2) is 0 Å². The summed E-state index contributed by atoms with van der Waals surface area (Å²) in [4.78, 5) is 31.1. The minimum absolute atomic E-state index is 0. The van der Waals surface area contributed by atoms with Crippen LogP contribution in [0, 0.1) is 0 Å². The summed E-state index contributed by atoms with van der Waals surface area (Å²) < 4.78 is 12.9. The summed E-state index contributed by atoms with van der Waals surface area (Å²) in [6.45, 7) is 0. The molecule has 0 heterocycles. The minimum Gasteiger partial charge on any atom is -0.328 e. The van der Waals surface area contributed by atoms with Crippen LogP contribution < -0.4 is 0 Å². The van der Waals surface area contributed by atoms with Gasteiger partial charge in [0.2, 0.25) is 0 Å². The molecule has 0 unspecified atom stereocenters. The van der Waals surface area contributed by atoms with Crippen LogP contribution in [0.3, 0.4) is 0 Å². The highest BCUT2D eigenvalue weighted by molar-refractivity contribution is 7.57. The van der Waals surface area contributed by atoms with Gasteiger partial charge in [-0.2, -0.15) is 0 Å². The molecule has 58 valence electrons. The fourth-order valence-corrected chi connectivity index (χ4v) is 0.856. The Hall–Kier alpha value is 1.99. The largest absolute Gasteiger partial charge is 0.476 e. The van der Waals surface area contributed by atoms with Crippen molar-refractivity contribution < 1.29 is 28.4 Å². The first-order chi connectivity index (χ1) is 3.42. The standard InChI is InChI=1S/2Mg.H4O6P2.4H/c;;1-7(2)6-8(3,4)5;;;;/h;;1-2H,(H2,3,4,5);;;;. The van der Waals surface area contributed by atoms with E-state index >= 15 is 0 Å². The number of hydrogen-bond donors (Lipinski definition) is 4. The van der Waals surface area contributed by atoms with Gasteiger partial charge in [-0.05, 0) is 0 Å². The smallest absolute Gasteiger partial charge is 0.328 e. The Bertz CT molecular complexity index is 106. The average molecular weight is 215 g/mol. The zero-order valence-electron chi connectivity index (χ0n) is 3.50. The Balaban J connectivity index is -0.000000245. The van der Waals surface area contributed by atoms with Crippen molar-refractivity contribution in [2.75, 3.05) is 0 Å². The molecule has 0 rings (SSSR count). The van der Waals surface area contributed by atoms with Crippen LogP contribution in [0.2, 0.25) is 0 Å². The second kappa shape index (κ2) is 7.63. The third-order valence-electron chi connectivity index (χ3n) is 0.179. The van der Waals surface area contributed by atoms with Crippen LogP contribution in [0.5, 0.6) is 0 Å². The first kappa shape index (κ1) is 17.9. The molecule has 0 saturated carbocycles. The van der Waals surface area contributed by atoms with E-state index < -0.39 is 16.4 Å². The molecule has 0 saturated heterocycles. The van der Waals surface area contributed by atoms with E-state index in [1.807, 2.05) is 0 Å². The van der Waals surface area contributed by atoms with Gasteiger partial charge in [-0.25, -0.2) is 8.88 Å². The molecule has 0 atom stereocenters. The Morgan fingerprint density at radius 1 is 1.20 bits per heavy atom. The number of hydrogen-bond acceptors (Lipinski definition) is 4. The van der Waals surface area contributed by atoms with Crippen molar-refractivity contribution in [3.8, 4) is 0 Å². The Labute approximate surface area is 90.5 Å². The van der Waals surface area contributed by atoms with Crippen LogP contribution in [-0.4, -0.2) is 65.7 Å². The first-order valence-corrected chi connectivity index (χ1v) is 4.04. The molecular formula is H8Mg2O6P2. The second-order valence-corrected chi connectivity index (χ2v) is 2.96. The lowest BCUT2D eigenvalue weighted by molar-refractivity contribution is 0.261. The van der Waals surface area contributed by atoms with Gasteiger partial charge in [-0.3, -0.25) is 0 Å². The SMILES string of the molecule is O=P(O)(O)OP(O)O.[MgH2].[MgH2]. The summed E-state index contributed by atoms with van der Waals surface area (Å²) in [5.41, 5.74) is 0. The molecule has 0 spiro atoms. The van der Waals surface area contributed by atoms with E-state index in [9.17, 15) is 4.57 Å². The van der Waals surface area contributed by atoms with E-state index in [1.54, 1.807) is 0 Å². The van der Waals surface area contributed by atoms with Crippen LogP contribution in [0.1, 0.15) is 0 Å². The predicted octanol–water partition coefficient (Wildman–Crippen LogP) is -2.53. The maximum absolute atomic E-state index is 9.61. The summed E-state index contributed by atoms with van der Waals surface area (Å²) in [6.07, 6.45) is 0. The van der Waals surface area contributed by atoms with Gasteiger partial charge in [-0.15, -0.1) is 0 Å². The van der Waals surface area contributed by atoms with Crippen molar-refractivity contribution in [2.45, 2.75) is 0 Å². The number of rotatable bonds is 2. The topological polar surface area (TPSA) is 107 Å². The molecule has 0 aliphatic rings. The molecule has 0 aromatic heterocycles. The Morgan fingerprint density at radius 3 is 1.50 bits per heavy atom. The van der Waals surface area contributed by atoms with Gasteiger partial charge in [-0.1, -0.05) is 0 Å². The van der Waals surface area contributed by atoms with Gasteiger partial charge >= 0.3 is 62.5 Å². The molecule has 10 heavy (non-hydrogen) atoms. The maximum atomic E-state index is 9.61. The van der Waals surface area contributed by atoms with Gasteiger partial charge < -0.3 is 19.6 Å². The molecule has 0 fully saturated rings. The van der Waals surface area contributed by atoms with Gasteiger partial charge in [0.25, 0.3) is 0 Å². The van der Waals surface area contributed by atoms with Crippen molar-refractivity contribution in [2.24, 2.45) is 0 Å². The molecule has 0 aromatic rings. The molecule has 0 radical (unpaired) electrons. The second-order valence-electron chi connectivity index (χ2n) is 0.825. The molecule has 0 amide bonds. The fraction of sp³-hybridized carbons (Fsp3) is 0. The molecule has 6 nitrogen and oxygen atoms in total. The van der Waals surface area contributed by atoms with Crippen LogP contribution in [0.4, 0.5) is 0 Å². The normalized spacial score (nSPS) is 10.1. The monoisotopic (exact) mass is 214 g/mol. The summed E-state index contributed by atoms with van der Waals surface area (Å²) in [6, 6.07) is 0. The van der Waals surface area contributed by atoms with E-state index in [4.69, 9.17) is 19.6 Å². The molecular weight excluding hydrogens is 207 g/mol. The lowest BCUT2D eigenvalue weighted by Gasteiger charge is -2.02. The van der Waals surface area contributed by atoms with E-state index in [1.165, 1.54) is 0 Å². The van der Waals surface area contributed by atoms with Crippen molar-refractivity contribution in [3.63, 3.8) is 0 Å². The molecule has 0 aliphatic carbocycles. The van der Waals surface area contributed by atoms with Crippen molar-refractivity contribution in [1.82, 2.24) is 0 Å². The third-order valence-corrected chi connectivity index (χ3v) is 1.61. The van der Waals surface area contributed by atoms with Gasteiger partial charge in [0.1, 0.15) is 0 Å². The van der Waals surface area contributed by atoms with Gasteiger partial charge in [0, 0.05) is 0 Å². The first-order valence-electron chi connectivity index (χ1n) is 1.35. The summed E-state index contributed by atoms with van der Waals surface area (Å²) in [7, 11) is -7.64. The lowest BCUT2D eigenvalue weighted by atomic mass is 15.7. The van der Waals surface area contributed by atoms with E-state index in [0.29, 0.717) is 0 Å². The lowest BCUT2D eigenvalue weighted by Crippen LogP contribution is -1.79. The molecule has 0 aromatic carbocycles. The highest BCUT2D eigenvalue weighted by Gasteiger charge is 2.19. The summed E-state index contributed by atoms with van der Waals surface area (Å²) >= 11 is 0. The summed E-state index contributed by atoms with van der Waals surface area (Å²) in [5, 5.41) is 0. The zero-order chi connectivity index (χ0) is 6.78. The van der Waals surface area contributed by atoms with E-state index in [2.05, 4.69) is 4.31 Å². The van der Waals surface area contributed by atoms with Crippen LogP contribution in [-0.2, 0) is 8.88 Å². The van der Waals surface area contributed by atoms with Crippen LogP contribution in [0.25, 0.3) is 0 Å². The summed E-state index contributed by atoms with van der Waals surface area (Å²) in [5.74, 6) is 0. The number of phosphoric acid groups is 1. The Morgan fingerprint density at radius 2 is 1.50 bits per heavy atom. The molecule has 0 bridgehead atoms. The molecule has 10 heteroatoms. The zero-order valence-corrected chi connectivity index (χ0v) is 5.29. The van der Waals surface area contributed by atoms with Gasteiger partial charge in [0.05, 0.1) is 0 Å². The van der Waals surface area contributed by atoms with Crippen molar-refractivity contribution in [1.29, 1.82) is 0 Å². The highest BCUT2D eigenvalue weighted by Crippen LogP contribution is 2.48. The van der Waals surface area contributed by atoms with Crippen molar-refractivity contribution in [3.05, 3.63) is 0 Å². The predicted molar refractivity (Wildman–Crippen MR) is 41.6 cm³/mol. The van der Waals surface area contributed by atoms with E-state index in [0.717, 1.165) is 0 Å². The maximum Gasteiger partial charge on any atom is 0.476 e. The quantitative estimate of drug-likeness (QED) is 0.298. The minimum atomic E-state index is -4.69. The average Bonchev–Trinajstić information content (AvgIpc) is 1.21. The highest BCUT2D eigenvalue weighted by atomic mass is 31.3. The molecule has 4 N–H and O–H groups in total. The molecule has 0 aliphatic heterocycles. The fourth-order valence-electron chi connectivity index (χ4n) is 0.0951. The van der Waals surface area contributed by atoms with E-state index in [-0.39, 0.29) is 46.1 Å².